The molecule has 0 unspecified atom stereocenters. The van der Waals surface area contributed by atoms with E-state index in [9.17, 15) is 13.6 Å². The molecular weight excluding hydrogens is 238 g/mol. The average molecular weight is 248 g/mol. The lowest BCUT2D eigenvalue weighted by Gasteiger charge is -2.05. The van der Waals surface area contributed by atoms with Crippen LogP contribution >= 0.6 is 0 Å². The predicted molar refractivity (Wildman–Crippen MR) is 63.1 cm³/mol. The van der Waals surface area contributed by atoms with Gasteiger partial charge < -0.3 is 4.74 Å². The molecule has 2 rings (SSSR count). The molecule has 0 fully saturated rings. The Balaban J connectivity index is 2.45. The van der Waals surface area contributed by atoms with Gasteiger partial charge in [0, 0.05) is 5.56 Å². The van der Waals surface area contributed by atoms with Gasteiger partial charge in [-0.1, -0.05) is 18.2 Å². The van der Waals surface area contributed by atoms with Crippen LogP contribution in [0.25, 0.3) is 11.1 Å². The van der Waals surface area contributed by atoms with Crippen LogP contribution in [0.15, 0.2) is 42.5 Å². The van der Waals surface area contributed by atoms with Gasteiger partial charge in [-0.3, -0.25) is 0 Å². The van der Waals surface area contributed by atoms with Crippen molar-refractivity contribution in [2.75, 3.05) is 7.11 Å². The maximum absolute atomic E-state index is 13.8. The van der Waals surface area contributed by atoms with Crippen LogP contribution in [0.4, 0.5) is 8.78 Å². The average Bonchev–Trinajstić information content (AvgIpc) is 2.37. The van der Waals surface area contributed by atoms with Crippen LogP contribution in [-0.4, -0.2) is 13.1 Å². The molecule has 2 aromatic rings. The number of esters is 1. The smallest absolute Gasteiger partial charge is 0.337 e. The van der Waals surface area contributed by atoms with E-state index in [1.54, 1.807) is 6.07 Å². The third-order valence-corrected chi connectivity index (χ3v) is 2.53. The lowest BCUT2D eigenvalue weighted by molar-refractivity contribution is 0.0600. The Morgan fingerprint density at radius 3 is 2.50 bits per heavy atom. The first-order chi connectivity index (χ1) is 8.61. The van der Waals surface area contributed by atoms with E-state index < -0.39 is 17.6 Å². The van der Waals surface area contributed by atoms with Gasteiger partial charge in [-0.2, -0.15) is 0 Å². The van der Waals surface area contributed by atoms with Gasteiger partial charge in [0.25, 0.3) is 0 Å². The first kappa shape index (κ1) is 12.2. The van der Waals surface area contributed by atoms with Gasteiger partial charge in [0.05, 0.1) is 12.7 Å². The number of ether oxygens (including phenoxy) is 1. The normalized spacial score (nSPS) is 10.2. The number of rotatable bonds is 2. The molecule has 0 aromatic heterocycles. The highest BCUT2D eigenvalue weighted by atomic mass is 19.1. The zero-order valence-corrected chi connectivity index (χ0v) is 9.61. The summed E-state index contributed by atoms with van der Waals surface area (Å²) in [6.07, 6.45) is 0. The topological polar surface area (TPSA) is 26.3 Å². The van der Waals surface area contributed by atoms with Crippen LogP contribution in [0.3, 0.4) is 0 Å². The molecule has 0 radical (unpaired) electrons. The highest BCUT2D eigenvalue weighted by Gasteiger charge is 2.11. The number of benzene rings is 2. The quantitative estimate of drug-likeness (QED) is 0.761. The molecular formula is C14H10F2O2. The summed E-state index contributed by atoms with van der Waals surface area (Å²) >= 11 is 0. The van der Waals surface area contributed by atoms with Gasteiger partial charge in [-0.05, 0) is 29.8 Å². The fraction of sp³-hybridized carbons (Fsp3) is 0.0714. The Kier molecular flexibility index (Phi) is 3.37. The molecule has 0 saturated carbocycles. The largest absolute Gasteiger partial charge is 0.465 e. The Labute approximate surface area is 103 Å². The molecule has 92 valence electrons. The van der Waals surface area contributed by atoms with E-state index in [-0.39, 0.29) is 11.1 Å². The minimum Gasteiger partial charge on any atom is -0.465 e. The summed E-state index contributed by atoms with van der Waals surface area (Å²) in [4.78, 5) is 11.2. The van der Waals surface area contributed by atoms with E-state index >= 15 is 0 Å². The molecule has 0 amide bonds. The first-order valence-electron chi connectivity index (χ1n) is 5.25. The van der Waals surface area contributed by atoms with Crippen LogP contribution in [0.5, 0.6) is 0 Å². The maximum Gasteiger partial charge on any atom is 0.337 e. The van der Waals surface area contributed by atoms with Crippen molar-refractivity contribution in [3.8, 4) is 11.1 Å². The Morgan fingerprint density at radius 1 is 1.11 bits per heavy atom. The van der Waals surface area contributed by atoms with Crippen molar-refractivity contribution < 1.29 is 18.3 Å². The SMILES string of the molecule is COC(=O)c1ccc(-c2cccc(F)c2)c(F)c1. The fourth-order valence-electron chi connectivity index (χ4n) is 1.65. The molecule has 0 saturated heterocycles. The number of halogens is 2. The molecule has 0 bridgehead atoms. The number of hydrogen-bond acceptors (Lipinski definition) is 2. The predicted octanol–water partition coefficient (Wildman–Crippen LogP) is 3.42. The number of carbonyl (C=O) groups is 1. The molecule has 0 atom stereocenters. The molecule has 0 heterocycles. The number of methoxy groups -OCH3 is 1. The van der Waals surface area contributed by atoms with Crippen LogP contribution < -0.4 is 0 Å². The molecule has 18 heavy (non-hydrogen) atoms. The second-order valence-corrected chi connectivity index (χ2v) is 3.70. The van der Waals surface area contributed by atoms with E-state index in [1.165, 1.54) is 37.4 Å². The van der Waals surface area contributed by atoms with Crippen molar-refractivity contribution >= 4 is 5.97 Å². The van der Waals surface area contributed by atoms with E-state index in [1.807, 2.05) is 0 Å². The minimum atomic E-state index is -0.611. The fourth-order valence-corrected chi connectivity index (χ4v) is 1.65. The number of carbonyl (C=O) groups excluding carboxylic acids is 1. The maximum atomic E-state index is 13.8. The summed E-state index contributed by atoms with van der Waals surface area (Å²) in [6, 6.07) is 9.55. The van der Waals surface area contributed by atoms with Crippen LogP contribution in [0.2, 0.25) is 0 Å². The van der Waals surface area contributed by atoms with Crippen molar-refractivity contribution in [1.29, 1.82) is 0 Å². The van der Waals surface area contributed by atoms with E-state index in [4.69, 9.17) is 0 Å². The summed E-state index contributed by atoms with van der Waals surface area (Å²) in [7, 11) is 1.22. The summed E-state index contributed by atoms with van der Waals surface area (Å²) in [6.45, 7) is 0. The van der Waals surface area contributed by atoms with Gasteiger partial charge in [0.1, 0.15) is 11.6 Å². The van der Waals surface area contributed by atoms with Crippen LogP contribution in [0.1, 0.15) is 10.4 Å². The molecule has 0 N–H and O–H groups in total. The third-order valence-electron chi connectivity index (χ3n) is 2.53. The van der Waals surface area contributed by atoms with Gasteiger partial charge in [0.2, 0.25) is 0 Å². The lowest BCUT2D eigenvalue weighted by atomic mass is 10.0. The van der Waals surface area contributed by atoms with Crippen molar-refractivity contribution in [2.24, 2.45) is 0 Å². The van der Waals surface area contributed by atoms with Gasteiger partial charge in [-0.15, -0.1) is 0 Å². The molecule has 4 heteroatoms. The zero-order valence-electron chi connectivity index (χ0n) is 9.61. The first-order valence-corrected chi connectivity index (χ1v) is 5.25. The zero-order chi connectivity index (χ0) is 13.1. The summed E-state index contributed by atoms with van der Waals surface area (Å²) in [5.41, 5.74) is 0.779. The van der Waals surface area contributed by atoms with E-state index in [0.29, 0.717) is 5.56 Å². The van der Waals surface area contributed by atoms with Gasteiger partial charge >= 0.3 is 5.97 Å². The molecule has 2 aromatic carbocycles. The van der Waals surface area contributed by atoms with Crippen molar-refractivity contribution in [3.05, 3.63) is 59.7 Å². The van der Waals surface area contributed by atoms with Crippen LogP contribution in [0, 0.1) is 11.6 Å². The summed E-state index contributed by atoms with van der Waals surface area (Å²) in [5, 5.41) is 0. The molecule has 0 aliphatic carbocycles. The summed E-state index contributed by atoms with van der Waals surface area (Å²) < 4.78 is 31.4. The second-order valence-electron chi connectivity index (χ2n) is 3.70. The van der Waals surface area contributed by atoms with Gasteiger partial charge in [-0.25, -0.2) is 13.6 Å². The summed E-state index contributed by atoms with van der Waals surface area (Å²) in [5.74, 6) is -1.65. The molecule has 0 aliphatic rings. The minimum absolute atomic E-state index is 0.121. The van der Waals surface area contributed by atoms with E-state index in [0.717, 1.165) is 6.07 Å². The Morgan fingerprint density at radius 2 is 1.89 bits per heavy atom. The molecule has 2 nitrogen and oxygen atoms in total. The lowest BCUT2D eigenvalue weighted by Crippen LogP contribution is -2.01. The number of hydrogen-bond donors (Lipinski definition) is 0. The van der Waals surface area contributed by atoms with Gasteiger partial charge in [0.15, 0.2) is 0 Å². The van der Waals surface area contributed by atoms with Crippen molar-refractivity contribution in [2.45, 2.75) is 0 Å². The van der Waals surface area contributed by atoms with Crippen molar-refractivity contribution in [3.63, 3.8) is 0 Å². The highest BCUT2D eigenvalue weighted by Crippen LogP contribution is 2.24. The molecule has 0 aliphatic heterocycles. The second kappa shape index (κ2) is 4.96. The third kappa shape index (κ3) is 2.37. The van der Waals surface area contributed by atoms with Crippen LogP contribution in [-0.2, 0) is 4.74 Å². The van der Waals surface area contributed by atoms with Crippen molar-refractivity contribution in [1.82, 2.24) is 0 Å². The van der Waals surface area contributed by atoms with E-state index in [2.05, 4.69) is 4.74 Å². The Hall–Kier alpha value is -2.23. The highest BCUT2D eigenvalue weighted by molar-refractivity contribution is 5.90. The standard InChI is InChI=1S/C14H10F2O2/c1-18-14(17)10-5-6-12(13(16)8-10)9-3-2-4-11(15)7-9/h2-8H,1H3. The Bertz CT molecular complexity index is 594. The monoisotopic (exact) mass is 248 g/mol. The molecule has 0 spiro atoms.